The summed E-state index contributed by atoms with van der Waals surface area (Å²) in [7, 11) is 0. The first-order chi connectivity index (χ1) is 11.8. The quantitative estimate of drug-likeness (QED) is 0.379. The number of hydrogen-bond acceptors (Lipinski definition) is 3. The standard InChI is InChI=1S/C20H19NO3/c22-15-17-13-21(19-11-5-4-10-18(17)19)14-20(23)24-12-6-9-16-7-2-1-3-8-16/h1-5,7-8,10-11,13,15H,6,9,12,14H2. The maximum absolute atomic E-state index is 12.0. The van der Waals surface area contributed by atoms with Crippen molar-refractivity contribution in [1.82, 2.24) is 4.57 Å². The number of nitrogens with zero attached hydrogens (tertiary/aromatic N) is 1. The summed E-state index contributed by atoms with van der Waals surface area (Å²) < 4.78 is 7.07. The number of benzene rings is 2. The lowest BCUT2D eigenvalue weighted by Gasteiger charge is -2.07. The van der Waals surface area contributed by atoms with Gasteiger partial charge in [0, 0.05) is 22.7 Å². The summed E-state index contributed by atoms with van der Waals surface area (Å²) in [5.74, 6) is -0.290. The van der Waals surface area contributed by atoms with Crippen LogP contribution in [0.1, 0.15) is 22.3 Å². The van der Waals surface area contributed by atoms with Crippen LogP contribution in [0.4, 0.5) is 0 Å². The minimum atomic E-state index is -0.290. The third-order valence-electron chi connectivity index (χ3n) is 3.96. The van der Waals surface area contributed by atoms with Gasteiger partial charge in [0.2, 0.25) is 0 Å². The summed E-state index contributed by atoms with van der Waals surface area (Å²) >= 11 is 0. The summed E-state index contributed by atoms with van der Waals surface area (Å²) in [5, 5.41) is 0.851. The van der Waals surface area contributed by atoms with Crippen molar-refractivity contribution in [3.05, 3.63) is 71.9 Å². The molecule has 0 radical (unpaired) electrons. The maximum Gasteiger partial charge on any atom is 0.325 e. The highest BCUT2D eigenvalue weighted by Crippen LogP contribution is 2.19. The van der Waals surface area contributed by atoms with Crippen LogP contribution in [-0.4, -0.2) is 23.4 Å². The lowest BCUT2D eigenvalue weighted by molar-refractivity contribution is -0.144. The molecule has 0 spiro atoms. The molecule has 0 aliphatic rings. The van der Waals surface area contributed by atoms with E-state index in [1.807, 2.05) is 42.5 Å². The van der Waals surface area contributed by atoms with Gasteiger partial charge in [0.05, 0.1) is 6.61 Å². The third-order valence-corrected chi connectivity index (χ3v) is 3.96. The van der Waals surface area contributed by atoms with Crippen LogP contribution in [0.3, 0.4) is 0 Å². The van der Waals surface area contributed by atoms with Crippen molar-refractivity contribution in [2.45, 2.75) is 19.4 Å². The summed E-state index contributed by atoms with van der Waals surface area (Å²) in [6.45, 7) is 0.507. The second-order valence-electron chi connectivity index (χ2n) is 5.66. The molecule has 0 N–H and O–H groups in total. The molecule has 0 saturated carbocycles. The smallest absolute Gasteiger partial charge is 0.325 e. The normalized spacial score (nSPS) is 10.7. The van der Waals surface area contributed by atoms with Crippen LogP contribution in [0.25, 0.3) is 10.9 Å². The molecular formula is C20H19NO3. The average Bonchev–Trinajstić information content (AvgIpc) is 2.97. The molecule has 4 nitrogen and oxygen atoms in total. The summed E-state index contributed by atoms with van der Waals surface area (Å²) in [5.41, 5.74) is 2.68. The molecule has 0 bridgehead atoms. The van der Waals surface area contributed by atoms with Gasteiger partial charge >= 0.3 is 5.97 Å². The van der Waals surface area contributed by atoms with E-state index in [1.165, 1.54) is 5.56 Å². The van der Waals surface area contributed by atoms with E-state index in [-0.39, 0.29) is 12.5 Å². The van der Waals surface area contributed by atoms with E-state index in [2.05, 4.69) is 12.1 Å². The minimum absolute atomic E-state index is 0.111. The molecule has 0 atom stereocenters. The number of rotatable bonds is 7. The van der Waals surface area contributed by atoms with Crippen LogP contribution in [0.2, 0.25) is 0 Å². The molecule has 1 aromatic heterocycles. The van der Waals surface area contributed by atoms with Crippen molar-refractivity contribution in [2.75, 3.05) is 6.61 Å². The van der Waals surface area contributed by atoms with Gasteiger partial charge in [-0.3, -0.25) is 9.59 Å². The molecule has 122 valence electrons. The number of esters is 1. The fourth-order valence-electron chi connectivity index (χ4n) is 2.79. The molecule has 4 heteroatoms. The molecular weight excluding hydrogens is 302 g/mol. The van der Waals surface area contributed by atoms with Crippen molar-refractivity contribution < 1.29 is 14.3 Å². The Balaban J connectivity index is 1.54. The Morgan fingerprint density at radius 1 is 1.04 bits per heavy atom. The Labute approximate surface area is 140 Å². The molecule has 3 aromatic rings. The van der Waals surface area contributed by atoms with Gasteiger partial charge in [-0.2, -0.15) is 0 Å². The van der Waals surface area contributed by atoms with Crippen molar-refractivity contribution in [3.63, 3.8) is 0 Å². The van der Waals surface area contributed by atoms with E-state index in [4.69, 9.17) is 4.74 Å². The molecule has 0 fully saturated rings. The molecule has 1 heterocycles. The Kier molecular flexibility index (Phi) is 5.06. The fourth-order valence-corrected chi connectivity index (χ4v) is 2.79. The number of fused-ring (bicyclic) bond motifs is 1. The minimum Gasteiger partial charge on any atom is -0.464 e. The van der Waals surface area contributed by atoms with Gasteiger partial charge in [0.15, 0.2) is 6.29 Å². The number of carbonyl (C=O) groups excluding carboxylic acids is 2. The summed E-state index contributed by atoms with van der Waals surface area (Å²) in [4.78, 5) is 23.2. The number of para-hydroxylation sites is 1. The van der Waals surface area contributed by atoms with E-state index in [0.717, 1.165) is 30.0 Å². The molecule has 0 amide bonds. The molecule has 0 unspecified atom stereocenters. The predicted octanol–water partition coefficient (Wildman–Crippen LogP) is 3.63. The van der Waals surface area contributed by atoms with E-state index >= 15 is 0 Å². The van der Waals surface area contributed by atoms with Crippen LogP contribution in [0.15, 0.2) is 60.8 Å². The summed E-state index contributed by atoms with van der Waals surface area (Å²) in [6.07, 6.45) is 4.19. The lowest BCUT2D eigenvalue weighted by Crippen LogP contribution is -2.14. The summed E-state index contributed by atoms with van der Waals surface area (Å²) in [6, 6.07) is 17.7. The number of aldehydes is 1. The number of ether oxygens (including phenoxy) is 1. The van der Waals surface area contributed by atoms with Gasteiger partial charge < -0.3 is 9.30 Å². The highest BCUT2D eigenvalue weighted by atomic mass is 16.5. The Hall–Kier alpha value is -2.88. The molecule has 0 aliphatic carbocycles. The first-order valence-corrected chi connectivity index (χ1v) is 8.00. The second kappa shape index (κ2) is 7.59. The van der Waals surface area contributed by atoms with E-state index in [9.17, 15) is 9.59 Å². The zero-order chi connectivity index (χ0) is 16.8. The third kappa shape index (κ3) is 3.71. The molecule has 24 heavy (non-hydrogen) atoms. The first-order valence-electron chi connectivity index (χ1n) is 8.00. The van der Waals surface area contributed by atoms with Crippen molar-refractivity contribution >= 4 is 23.2 Å². The number of carbonyl (C=O) groups is 2. The van der Waals surface area contributed by atoms with Crippen LogP contribution < -0.4 is 0 Å². The number of aryl methyl sites for hydroxylation is 1. The van der Waals surface area contributed by atoms with Gasteiger partial charge in [-0.15, -0.1) is 0 Å². The van der Waals surface area contributed by atoms with E-state index < -0.39 is 0 Å². The van der Waals surface area contributed by atoms with Crippen LogP contribution in [0.5, 0.6) is 0 Å². The monoisotopic (exact) mass is 321 g/mol. The average molecular weight is 321 g/mol. The van der Waals surface area contributed by atoms with Gasteiger partial charge in [0.1, 0.15) is 6.54 Å². The van der Waals surface area contributed by atoms with Crippen LogP contribution in [-0.2, 0) is 22.5 Å². The number of hydrogen-bond donors (Lipinski definition) is 0. The van der Waals surface area contributed by atoms with Gasteiger partial charge in [-0.1, -0.05) is 48.5 Å². The first kappa shape index (κ1) is 16.0. The van der Waals surface area contributed by atoms with Crippen molar-refractivity contribution in [3.8, 4) is 0 Å². The van der Waals surface area contributed by atoms with E-state index in [1.54, 1.807) is 10.8 Å². The zero-order valence-corrected chi connectivity index (χ0v) is 13.4. The largest absolute Gasteiger partial charge is 0.464 e. The maximum atomic E-state index is 12.0. The molecule has 0 aliphatic heterocycles. The highest BCUT2D eigenvalue weighted by molar-refractivity contribution is 5.98. The lowest BCUT2D eigenvalue weighted by atomic mass is 10.1. The Morgan fingerprint density at radius 2 is 1.79 bits per heavy atom. The SMILES string of the molecule is O=Cc1cn(CC(=O)OCCCc2ccccc2)c2ccccc12. The van der Waals surface area contributed by atoms with Gasteiger partial charge in [0.25, 0.3) is 0 Å². The predicted molar refractivity (Wildman–Crippen MR) is 93.0 cm³/mol. The van der Waals surface area contributed by atoms with Crippen molar-refractivity contribution in [1.29, 1.82) is 0 Å². The second-order valence-corrected chi connectivity index (χ2v) is 5.66. The highest BCUT2D eigenvalue weighted by Gasteiger charge is 2.11. The molecule has 3 rings (SSSR count). The zero-order valence-electron chi connectivity index (χ0n) is 13.4. The van der Waals surface area contributed by atoms with Gasteiger partial charge in [-0.25, -0.2) is 0 Å². The Bertz CT molecular complexity index is 836. The number of aromatic nitrogens is 1. The van der Waals surface area contributed by atoms with Crippen molar-refractivity contribution in [2.24, 2.45) is 0 Å². The van der Waals surface area contributed by atoms with E-state index in [0.29, 0.717) is 12.2 Å². The molecule has 0 saturated heterocycles. The van der Waals surface area contributed by atoms with Gasteiger partial charge in [-0.05, 0) is 24.5 Å². The fraction of sp³-hybridized carbons (Fsp3) is 0.200. The van der Waals surface area contributed by atoms with Crippen LogP contribution in [0, 0.1) is 0 Å². The van der Waals surface area contributed by atoms with Crippen LogP contribution >= 0.6 is 0 Å². The topological polar surface area (TPSA) is 48.3 Å². The molecule has 2 aromatic carbocycles. The Morgan fingerprint density at radius 3 is 2.58 bits per heavy atom.